The molecule has 0 radical (unpaired) electrons. The third-order valence-corrected chi connectivity index (χ3v) is 2.92. The van der Waals surface area contributed by atoms with Crippen molar-refractivity contribution >= 4 is 11.8 Å². The molecule has 1 aliphatic rings. The molecule has 4 heteroatoms. The van der Waals surface area contributed by atoms with Crippen molar-refractivity contribution < 1.29 is 14.3 Å². The minimum Gasteiger partial charge on any atom is -0.489 e. The Labute approximate surface area is 114 Å². The van der Waals surface area contributed by atoms with Crippen molar-refractivity contribution in [1.82, 2.24) is 0 Å². The number of benzene rings is 1. The summed E-state index contributed by atoms with van der Waals surface area (Å²) < 4.78 is 11.1. The van der Waals surface area contributed by atoms with Crippen LogP contribution < -0.4 is 9.64 Å². The lowest BCUT2D eigenvalue weighted by Gasteiger charge is -2.32. The first-order valence-corrected chi connectivity index (χ1v) is 6.67. The van der Waals surface area contributed by atoms with Gasteiger partial charge < -0.3 is 9.47 Å². The molecule has 0 spiro atoms. The second-order valence-corrected chi connectivity index (χ2v) is 5.60. The average molecular weight is 263 g/mol. The quantitative estimate of drug-likeness (QED) is 0.779. The number of para-hydroxylation sites is 1. The number of carbonyl (C=O) groups is 1. The number of ether oxygens (including phenoxy) is 2. The molecule has 1 aromatic rings. The SMILES string of the molecule is CCc1cccc2c1OCCN2C(=O)OC(C)(C)C. The highest BCUT2D eigenvalue weighted by Crippen LogP contribution is 2.35. The molecule has 0 saturated heterocycles. The molecule has 1 heterocycles. The van der Waals surface area contributed by atoms with Gasteiger partial charge in [0.05, 0.1) is 12.2 Å². The second-order valence-electron chi connectivity index (χ2n) is 5.60. The maximum atomic E-state index is 12.2. The van der Waals surface area contributed by atoms with E-state index in [1.807, 2.05) is 39.0 Å². The molecule has 19 heavy (non-hydrogen) atoms. The summed E-state index contributed by atoms with van der Waals surface area (Å²) in [6, 6.07) is 5.87. The molecule has 0 atom stereocenters. The Balaban J connectivity index is 2.30. The normalized spacial score (nSPS) is 14.6. The van der Waals surface area contributed by atoms with Gasteiger partial charge in [-0.3, -0.25) is 4.90 Å². The van der Waals surface area contributed by atoms with Crippen molar-refractivity contribution in [3.05, 3.63) is 23.8 Å². The highest BCUT2D eigenvalue weighted by Gasteiger charge is 2.28. The Morgan fingerprint density at radius 1 is 1.42 bits per heavy atom. The molecule has 1 aromatic carbocycles. The largest absolute Gasteiger partial charge is 0.489 e. The van der Waals surface area contributed by atoms with Crippen LogP contribution >= 0.6 is 0 Å². The van der Waals surface area contributed by atoms with Crippen molar-refractivity contribution in [3.8, 4) is 5.75 Å². The van der Waals surface area contributed by atoms with Gasteiger partial charge in [-0.15, -0.1) is 0 Å². The fourth-order valence-electron chi connectivity index (χ4n) is 2.09. The van der Waals surface area contributed by atoms with E-state index in [0.29, 0.717) is 13.2 Å². The molecular formula is C15H21NO3. The van der Waals surface area contributed by atoms with Gasteiger partial charge in [0.2, 0.25) is 0 Å². The van der Waals surface area contributed by atoms with Gasteiger partial charge in [0.1, 0.15) is 18.0 Å². The molecule has 104 valence electrons. The highest BCUT2D eigenvalue weighted by atomic mass is 16.6. The zero-order valence-electron chi connectivity index (χ0n) is 12.0. The van der Waals surface area contributed by atoms with E-state index < -0.39 is 5.60 Å². The van der Waals surface area contributed by atoms with Gasteiger partial charge in [0.25, 0.3) is 0 Å². The lowest BCUT2D eigenvalue weighted by atomic mass is 10.1. The number of rotatable bonds is 1. The van der Waals surface area contributed by atoms with Crippen LogP contribution in [0.25, 0.3) is 0 Å². The summed E-state index contributed by atoms with van der Waals surface area (Å²) in [4.78, 5) is 13.9. The van der Waals surface area contributed by atoms with Crippen molar-refractivity contribution in [2.45, 2.75) is 39.7 Å². The van der Waals surface area contributed by atoms with Crippen molar-refractivity contribution in [1.29, 1.82) is 0 Å². The van der Waals surface area contributed by atoms with Crippen molar-refractivity contribution in [3.63, 3.8) is 0 Å². The molecule has 1 aliphatic heterocycles. The lowest BCUT2D eigenvalue weighted by Crippen LogP contribution is -2.41. The summed E-state index contributed by atoms with van der Waals surface area (Å²) >= 11 is 0. The summed E-state index contributed by atoms with van der Waals surface area (Å²) in [5, 5.41) is 0. The molecule has 0 N–H and O–H groups in total. The molecule has 0 aliphatic carbocycles. The van der Waals surface area contributed by atoms with Crippen LogP contribution in [-0.4, -0.2) is 24.8 Å². The number of aryl methyl sites for hydroxylation is 1. The van der Waals surface area contributed by atoms with E-state index in [2.05, 4.69) is 6.92 Å². The molecule has 0 bridgehead atoms. The number of anilines is 1. The number of fused-ring (bicyclic) bond motifs is 1. The first kappa shape index (κ1) is 13.7. The summed E-state index contributed by atoms with van der Waals surface area (Å²) in [6.45, 7) is 8.71. The summed E-state index contributed by atoms with van der Waals surface area (Å²) in [6.07, 6.45) is 0.566. The number of hydrogen-bond acceptors (Lipinski definition) is 3. The smallest absolute Gasteiger partial charge is 0.415 e. The van der Waals surface area contributed by atoms with Gasteiger partial charge in [-0.25, -0.2) is 4.79 Å². The third kappa shape index (κ3) is 3.00. The van der Waals surface area contributed by atoms with Gasteiger partial charge in [0, 0.05) is 0 Å². The first-order valence-electron chi connectivity index (χ1n) is 6.67. The number of amides is 1. The number of nitrogens with zero attached hydrogens (tertiary/aromatic N) is 1. The summed E-state index contributed by atoms with van der Waals surface area (Å²) in [7, 11) is 0. The first-order chi connectivity index (χ1) is 8.92. The second kappa shape index (κ2) is 5.11. The van der Waals surface area contributed by atoms with E-state index in [9.17, 15) is 4.79 Å². The van der Waals surface area contributed by atoms with Crippen LogP contribution in [0.15, 0.2) is 18.2 Å². The van der Waals surface area contributed by atoms with Crippen molar-refractivity contribution in [2.75, 3.05) is 18.1 Å². The van der Waals surface area contributed by atoms with Crippen LogP contribution in [0.1, 0.15) is 33.3 Å². The molecule has 4 nitrogen and oxygen atoms in total. The van der Waals surface area contributed by atoms with E-state index >= 15 is 0 Å². The van der Waals surface area contributed by atoms with Gasteiger partial charge in [-0.1, -0.05) is 19.1 Å². The van der Waals surface area contributed by atoms with Crippen LogP contribution in [0.2, 0.25) is 0 Å². The Morgan fingerprint density at radius 3 is 2.79 bits per heavy atom. The maximum Gasteiger partial charge on any atom is 0.415 e. The van der Waals surface area contributed by atoms with Crippen LogP contribution in [0.3, 0.4) is 0 Å². The van der Waals surface area contributed by atoms with Gasteiger partial charge in [-0.05, 0) is 38.8 Å². The average Bonchev–Trinajstić information content (AvgIpc) is 2.35. The molecule has 0 aromatic heterocycles. The molecule has 1 amide bonds. The van der Waals surface area contributed by atoms with Crippen LogP contribution in [0.4, 0.5) is 10.5 Å². The Kier molecular flexibility index (Phi) is 3.69. The fraction of sp³-hybridized carbons (Fsp3) is 0.533. The minimum atomic E-state index is -0.488. The topological polar surface area (TPSA) is 38.8 Å². The Bertz CT molecular complexity index is 477. The standard InChI is InChI=1S/C15H21NO3/c1-5-11-7-6-8-12-13(11)18-10-9-16(12)14(17)19-15(2,3)4/h6-8H,5,9-10H2,1-4H3. The molecule has 0 unspecified atom stereocenters. The van der Waals surface area contributed by atoms with Gasteiger partial charge in [-0.2, -0.15) is 0 Å². The van der Waals surface area contributed by atoms with E-state index in [1.165, 1.54) is 0 Å². The fourth-order valence-corrected chi connectivity index (χ4v) is 2.09. The minimum absolute atomic E-state index is 0.315. The monoisotopic (exact) mass is 263 g/mol. The van der Waals surface area contributed by atoms with Crippen LogP contribution in [0, 0.1) is 0 Å². The van der Waals surface area contributed by atoms with E-state index in [4.69, 9.17) is 9.47 Å². The predicted octanol–water partition coefficient (Wildman–Crippen LogP) is 3.38. The highest BCUT2D eigenvalue weighted by molar-refractivity contribution is 5.90. The van der Waals surface area contributed by atoms with E-state index in [-0.39, 0.29) is 6.09 Å². The lowest BCUT2D eigenvalue weighted by molar-refractivity contribution is 0.0567. The zero-order valence-corrected chi connectivity index (χ0v) is 12.0. The predicted molar refractivity (Wildman–Crippen MR) is 74.9 cm³/mol. The Morgan fingerprint density at radius 2 is 2.16 bits per heavy atom. The van der Waals surface area contributed by atoms with E-state index in [0.717, 1.165) is 23.4 Å². The molecule has 0 fully saturated rings. The van der Waals surface area contributed by atoms with Crippen molar-refractivity contribution in [2.24, 2.45) is 0 Å². The van der Waals surface area contributed by atoms with Crippen LogP contribution in [0.5, 0.6) is 5.75 Å². The van der Waals surface area contributed by atoms with Gasteiger partial charge >= 0.3 is 6.09 Å². The van der Waals surface area contributed by atoms with E-state index in [1.54, 1.807) is 4.90 Å². The maximum absolute atomic E-state index is 12.2. The number of carbonyl (C=O) groups excluding carboxylic acids is 1. The molecular weight excluding hydrogens is 242 g/mol. The third-order valence-electron chi connectivity index (χ3n) is 2.92. The zero-order chi connectivity index (χ0) is 14.0. The Hall–Kier alpha value is -1.71. The van der Waals surface area contributed by atoms with Gasteiger partial charge in [0.15, 0.2) is 0 Å². The summed E-state index contributed by atoms with van der Waals surface area (Å²) in [5.41, 5.74) is 1.43. The molecule has 2 rings (SSSR count). The number of hydrogen-bond donors (Lipinski definition) is 0. The van der Waals surface area contributed by atoms with Crippen LogP contribution in [-0.2, 0) is 11.2 Å². The molecule has 0 saturated carbocycles. The summed E-state index contributed by atoms with van der Waals surface area (Å²) in [5.74, 6) is 0.808.